The lowest BCUT2D eigenvalue weighted by atomic mass is 10.2. The molecule has 6 nitrogen and oxygen atoms in total. The van der Waals surface area contributed by atoms with Crippen molar-refractivity contribution >= 4 is 17.9 Å². The maximum Gasteiger partial charge on any atom is 0.268 e. The van der Waals surface area contributed by atoms with Crippen LogP contribution < -0.4 is 15.5 Å². The lowest BCUT2D eigenvalue weighted by Crippen LogP contribution is -3.10. The molecule has 6 heteroatoms. The van der Waals surface area contributed by atoms with Gasteiger partial charge in [-0.2, -0.15) is 0 Å². The molecule has 2 heterocycles. The number of hydrogen-bond donors (Lipinski definition) is 3. The minimum Gasteiger partial charge on any atom is -0.351 e. The van der Waals surface area contributed by atoms with Gasteiger partial charge in [0.1, 0.15) is 5.70 Å². The van der Waals surface area contributed by atoms with E-state index >= 15 is 0 Å². The molecule has 1 fully saturated rings. The number of likely N-dealkylation sites (tertiary alicyclic amines) is 1. The van der Waals surface area contributed by atoms with Crippen LogP contribution >= 0.6 is 0 Å². The van der Waals surface area contributed by atoms with Crippen LogP contribution in [0.4, 0.5) is 0 Å². The molecule has 0 aliphatic carbocycles. The van der Waals surface area contributed by atoms with Crippen LogP contribution in [-0.2, 0) is 11.8 Å². The van der Waals surface area contributed by atoms with E-state index in [2.05, 4.69) is 10.6 Å². The summed E-state index contributed by atoms with van der Waals surface area (Å²) >= 11 is 0. The number of aryl methyl sites for hydroxylation is 1. The van der Waals surface area contributed by atoms with E-state index in [9.17, 15) is 9.59 Å². The summed E-state index contributed by atoms with van der Waals surface area (Å²) in [4.78, 5) is 26.7. The first-order valence-electron chi connectivity index (χ1n) is 9.44. The van der Waals surface area contributed by atoms with Crippen molar-refractivity contribution in [2.75, 3.05) is 26.2 Å². The first-order chi connectivity index (χ1) is 13.1. The van der Waals surface area contributed by atoms with Crippen molar-refractivity contribution in [3.8, 4) is 0 Å². The predicted octanol–water partition coefficient (Wildman–Crippen LogP) is 0.591. The van der Waals surface area contributed by atoms with Gasteiger partial charge in [0.25, 0.3) is 11.8 Å². The van der Waals surface area contributed by atoms with E-state index in [0.717, 1.165) is 12.2 Å². The Balaban J connectivity index is 1.69. The van der Waals surface area contributed by atoms with Gasteiger partial charge in [-0.15, -0.1) is 0 Å². The Labute approximate surface area is 159 Å². The van der Waals surface area contributed by atoms with Gasteiger partial charge in [-0.25, -0.2) is 0 Å². The van der Waals surface area contributed by atoms with Gasteiger partial charge < -0.3 is 20.1 Å². The van der Waals surface area contributed by atoms with E-state index in [1.807, 2.05) is 36.0 Å². The van der Waals surface area contributed by atoms with E-state index < -0.39 is 0 Å². The summed E-state index contributed by atoms with van der Waals surface area (Å²) in [5.74, 6) is -0.560. The monoisotopic (exact) mass is 367 g/mol. The molecule has 142 valence electrons. The van der Waals surface area contributed by atoms with E-state index in [1.165, 1.54) is 30.8 Å². The van der Waals surface area contributed by atoms with Crippen molar-refractivity contribution in [2.24, 2.45) is 7.05 Å². The molecule has 27 heavy (non-hydrogen) atoms. The number of carbonyl (C=O) groups is 2. The molecule has 0 radical (unpaired) electrons. The van der Waals surface area contributed by atoms with Crippen LogP contribution in [0.25, 0.3) is 6.08 Å². The van der Waals surface area contributed by atoms with Crippen molar-refractivity contribution in [3.63, 3.8) is 0 Å². The molecular formula is C21H27N4O2+. The molecule has 3 N–H and O–H groups in total. The molecule has 3 rings (SSSR count). The van der Waals surface area contributed by atoms with Crippen molar-refractivity contribution in [1.82, 2.24) is 15.2 Å². The smallest absolute Gasteiger partial charge is 0.268 e. The number of nitrogens with one attached hydrogen (secondary N) is 3. The molecular weight excluding hydrogens is 340 g/mol. The third-order valence-corrected chi connectivity index (χ3v) is 4.88. The maximum atomic E-state index is 12.7. The second-order valence-electron chi connectivity index (χ2n) is 6.89. The fourth-order valence-corrected chi connectivity index (χ4v) is 3.29. The number of hydrogen-bond acceptors (Lipinski definition) is 2. The molecule has 1 saturated heterocycles. The standard InChI is InChI=1S/C21H26N4O2/c1-24-12-7-10-18(24)16-19(23-20(26)17-8-3-2-4-9-17)21(27)22-11-15-25-13-5-6-14-25/h2-4,7-10,12,16H,5-6,11,13-15H2,1H3,(H,22,27)(H,23,26)/p+1/b19-16+. The van der Waals surface area contributed by atoms with Crippen LogP contribution in [0.2, 0.25) is 0 Å². The highest BCUT2D eigenvalue weighted by Crippen LogP contribution is 2.07. The number of amides is 2. The Bertz CT molecular complexity index is 805. The lowest BCUT2D eigenvalue weighted by molar-refractivity contribution is -0.886. The molecule has 0 spiro atoms. The van der Waals surface area contributed by atoms with Crippen LogP contribution in [0.3, 0.4) is 0 Å². The summed E-state index contributed by atoms with van der Waals surface area (Å²) in [6, 6.07) is 12.7. The van der Waals surface area contributed by atoms with Gasteiger partial charge in [0.05, 0.1) is 26.2 Å². The zero-order valence-corrected chi connectivity index (χ0v) is 15.7. The van der Waals surface area contributed by atoms with E-state index in [4.69, 9.17) is 0 Å². The first-order valence-corrected chi connectivity index (χ1v) is 9.44. The largest absolute Gasteiger partial charge is 0.351 e. The summed E-state index contributed by atoms with van der Waals surface area (Å²) in [7, 11) is 1.90. The second kappa shape index (κ2) is 9.19. The highest BCUT2D eigenvalue weighted by atomic mass is 16.2. The number of benzene rings is 1. The zero-order chi connectivity index (χ0) is 19.1. The molecule has 0 atom stereocenters. The summed E-state index contributed by atoms with van der Waals surface area (Å²) < 4.78 is 1.90. The van der Waals surface area contributed by atoms with Crippen LogP contribution in [0.1, 0.15) is 28.9 Å². The fraction of sp³-hybridized carbons (Fsp3) is 0.333. The molecule has 1 aliphatic rings. The van der Waals surface area contributed by atoms with Gasteiger partial charge in [0, 0.05) is 37.3 Å². The second-order valence-corrected chi connectivity index (χ2v) is 6.89. The van der Waals surface area contributed by atoms with Gasteiger partial charge in [-0.1, -0.05) is 18.2 Å². The summed E-state index contributed by atoms with van der Waals surface area (Å²) in [6.07, 6.45) is 6.13. The summed E-state index contributed by atoms with van der Waals surface area (Å²) in [5.41, 5.74) is 1.62. The van der Waals surface area contributed by atoms with Crippen LogP contribution in [0.15, 0.2) is 54.4 Å². The SMILES string of the molecule is Cn1cccc1/C=C(/NC(=O)c1ccccc1)C(=O)NCC[NH+]1CCCC1. The van der Waals surface area contributed by atoms with E-state index in [0.29, 0.717) is 12.1 Å². The van der Waals surface area contributed by atoms with Gasteiger partial charge in [0.2, 0.25) is 0 Å². The van der Waals surface area contributed by atoms with Gasteiger partial charge >= 0.3 is 0 Å². The van der Waals surface area contributed by atoms with Crippen molar-refractivity contribution in [3.05, 3.63) is 65.6 Å². The van der Waals surface area contributed by atoms with Crippen molar-refractivity contribution in [1.29, 1.82) is 0 Å². The number of aromatic nitrogens is 1. The molecule has 0 saturated carbocycles. The number of nitrogens with zero attached hydrogens (tertiary/aromatic N) is 1. The molecule has 2 amide bonds. The zero-order valence-electron chi connectivity index (χ0n) is 15.7. The Kier molecular flexibility index (Phi) is 6.44. The Hall–Kier alpha value is -2.86. The van der Waals surface area contributed by atoms with Gasteiger partial charge in [-0.3, -0.25) is 9.59 Å². The first kappa shape index (κ1) is 18.9. The minimum absolute atomic E-state index is 0.252. The highest BCUT2D eigenvalue weighted by Gasteiger charge is 2.17. The Morgan fingerprint density at radius 2 is 1.85 bits per heavy atom. The van der Waals surface area contributed by atoms with Crippen molar-refractivity contribution in [2.45, 2.75) is 12.8 Å². The molecule has 1 aliphatic heterocycles. The number of rotatable bonds is 7. The Morgan fingerprint density at radius 3 is 2.52 bits per heavy atom. The van der Waals surface area contributed by atoms with Crippen molar-refractivity contribution < 1.29 is 14.5 Å². The Morgan fingerprint density at radius 1 is 1.11 bits per heavy atom. The predicted molar refractivity (Wildman–Crippen MR) is 105 cm³/mol. The normalized spacial score (nSPS) is 14.9. The molecule has 0 unspecified atom stereocenters. The van der Waals surface area contributed by atoms with Gasteiger partial charge in [-0.05, 0) is 30.3 Å². The highest BCUT2D eigenvalue weighted by molar-refractivity contribution is 6.05. The fourth-order valence-electron chi connectivity index (χ4n) is 3.29. The minimum atomic E-state index is -0.295. The van der Waals surface area contributed by atoms with Gasteiger partial charge in [0.15, 0.2) is 0 Å². The molecule has 0 bridgehead atoms. The van der Waals surface area contributed by atoms with E-state index in [1.54, 1.807) is 30.3 Å². The topological polar surface area (TPSA) is 67.6 Å². The maximum absolute atomic E-state index is 12.7. The average molecular weight is 367 g/mol. The summed E-state index contributed by atoms with van der Waals surface area (Å²) in [6.45, 7) is 3.86. The van der Waals surface area contributed by atoms with Crippen LogP contribution in [0, 0.1) is 0 Å². The molecule has 1 aromatic heterocycles. The van der Waals surface area contributed by atoms with Crippen LogP contribution in [0.5, 0.6) is 0 Å². The molecule has 2 aromatic rings. The third-order valence-electron chi connectivity index (χ3n) is 4.88. The van der Waals surface area contributed by atoms with E-state index in [-0.39, 0.29) is 17.5 Å². The van der Waals surface area contributed by atoms with Crippen LogP contribution in [-0.4, -0.2) is 42.6 Å². The summed E-state index contributed by atoms with van der Waals surface area (Å²) in [5, 5.41) is 5.71. The number of carbonyl (C=O) groups excluding carboxylic acids is 2. The number of quaternary nitrogens is 1. The third kappa shape index (κ3) is 5.31. The quantitative estimate of drug-likeness (QED) is 0.627. The molecule has 1 aromatic carbocycles. The average Bonchev–Trinajstić information content (AvgIpc) is 3.34. The lowest BCUT2D eigenvalue weighted by Gasteiger charge is -2.14.